The summed E-state index contributed by atoms with van der Waals surface area (Å²) in [5, 5.41) is 10.1. The Morgan fingerprint density at radius 1 is 1.14 bits per heavy atom. The molecule has 1 aromatic heterocycles. The van der Waals surface area contributed by atoms with Crippen molar-refractivity contribution in [3.63, 3.8) is 0 Å². The van der Waals surface area contributed by atoms with E-state index in [9.17, 15) is 5.11 Å². The van der Waals surface area contributed by atoms with Gasteiger partial charge in [-0.2, -0.15) is 0 Å². The highest BCUT2D eigenvalue weighted by atomic mass is 16.5. The molecule has 150 valence electrons. The Bertz CT molecular complexity index is 847. The molecule has 2 aliphatic rings. The third kappa shape index (κ3) is 3.78. The molecule has 1 N–H and O–H groups in total. The van der Waals surface area contributed by atoms with Gasteiger partial charge in [0.1, 0.15) is 11.6 Å². The first-order valence-electron chi connectivity index (χ1n) is 10.3. The number of aromatic nitrogens is 2. The number of ether oxygens (including phenoxy) is 1. The smallest absolute Gasteiger partial charge is 0.160 e. The monoisotopic (exact) mass is 382 g/mol. The third-order valence-electron chi connectivity index (χ3n) is 5.71. The number of rotatable bonds is 5. The number of hydrogen-bond donors (Lipinski definition) is 1. The summed E-state index contributed by atoms with van der Waals surface area (Å²) in [6.07, 6.45) is 3.48. The Morgan fingerprint density at radius 3 is 2.61 bits per heavy atom. The molecule has 0 radical (unpaired) electrons. The van der Waals surface area contributed by atoms with Crippen LogP contribution >= 0.6 is 0 Å². The lowest BCUT2D eigenvalue weighted by Gasteiger charge is -2.31. The highest BCUT2D eigenvalue weighted by Crippen LogP contribution is 2.32. The van der Waals surface area contributed by atoms with E-state index in [0.29, 0.717) is 11.7 Å². The van der Waals surface area contributed by atoms with Gasteiger partial charge in [-0.1, -0.05) is 19.9 Å². The van der Waals surface area contributed by atoms with E-state index in [1.165, 1.54) is 29.9 Å². The lowest BCUT2D eigenvalue weighted by Crippen LogP contribution is -2.33. The van der Waals surface area contributed by atoms with Gasteiger partial charge in [0, 0.05) is 44.2 Å². The van der Waals surface area contributed by atoms with Gasteiger partial charge in [0.05, 0.1) is 12.8 Å². The fourth-order valence-electron chi connectivity index (χ4n) is 4.16. The predicted molar refractivity (Wildman–Crippen MR) is 110 cm³/mol. The largest absolute Gasteiger partial charge is 0.504 e. The Labute approximate surface area is 167 Å². The van der Waals surface area contributed by atoms with Gasteiger partial charge in [-0.15, -0.1) is 0 Å². The summed E-state index contributed by atoms with van der Waals surface area (Å²) >= 11 is 0. The molecule has 1 fully saturated rings. The SMILES string of the molecule is COc1ccc(CN2CCc3c(nc(C(C)C)nc3N3CCCC3)C2)cc1O. The van der Waals surface area contributed by atoms with Gasteiger partial charge in [-0.05, 0) is 37.0 Å². The Hall–Kier alpha value is -2.34. The molecule has 0 unspecified atom stereocenters. The van der Waals surface area contributed by atoms with Gasteiger partial charge >= 0.3 is 0 Å². The molecule has 0 saturated carbocycles. The number of nitrogens with zero attached hydrogens (tertiary/aromatic N) is 4. The molecule has 0 atom stereocenters. The lowest BCUT2D eigenvalue weighted by molar-refractivity contribution is 0.240. The van der Waals surface area contributed by atoms with Crippen LogP contribution in [0.2, 0.25) is 0 Å². The van der Waals surface area contributed by atoms with E-state index in [1.807, 2.05) is 12.1 Å². The predicted octanol–water partition coefficient (Wildman–Crippen LogP) is 3.47. The van der Waals surface area contributed by atoms with Crippen molar-refractivity contribution in [3.8, 4) is 11.5 Å². The van der Waals surface area contributed by atoms with E-state index in [-0.39, 0.29) is 5.75 Å². The minimum absolute atomic E-state index is 0.193. The first-order valence-corrected chi connectivity index (χ1v) is 10.3. The molecule has 1 saturated heterocycles. The molecule has 0 bridgehead atoms. The maximum atomic E-state index is 10.1. The van der Waals surface area contributed by atoms with E-state index in [2.05, 4.69) is 23.6 Å². The molecule has 2 aliphatic heterocycles. The third-order valence-corrected chi connectivity index (χ3v) is 5.71. The van der Waals surface area contributed by atoms with Crippen molar-refractivity contribution in [1.82, 2.24) is 14.9 Å². The second-order valence-electron chi connectivity index (χ2n) is 8.15. The van der Waals surface area contributed by atoms with Crippen molar-refractivity contribution < 1.29 is 9.84 Å². The summed E-state index contributed by atoms with van der Waals surface area (Å²) in [5.41, 5.74) is 3.59. The van der Waals surface area contributed by atoms with E-state index in [4.69, 9.17) is 14.7 Å². The highest BCUT2D eigenvalue weighted by Gasteiger charge is 2.27. The van der Waals surface area contributed by atoms with Crippen molar-refractivity contribution in [2.24, 2.45) is 0 Å². The topological polar surface area (TPSA) is 61.7 Å². The van der Waals surface area contributed by atoms with Crippen LogP contribution in [0.4, 0.5) is 5.82 Å². The van der Waals surface area contributed by atoms with Crippen molar-refractivity contribution in [2.75, 3.05) is 31.6 Å². The molecule has 1 aromatic carbocycles. The van der Waals surface area contributed by atoms with Gasteiger partial charge in [0.2, 0.25) is 0 Å². The van der Waals surface area contributed by atoms with Crippen LogP contribution < -0.4 is 9.64 Å². The molecule has 4 rings (SSSR count). The first kappa shape index (κ1) is 19.0. The summed E-state index contributed by atoms with van der Waals surface area (Å²) < 4.78 is 5.15. The summed E-state index contributed by atoms with van der Waals surface area (Å²) in [5.74, 6) is 3.15. The summed E-state index contributed by atoms with van der Waals surface area (Å²) in [6, 6.07) is 5.64. The van der Waals surface area contributed by atoms with Crippen LogP contribution in [0.1, 0.15) is 55.3 Å². The fourth-order valence-corrected chi connectivity index (χ4v) is 4.16. The van der Waals surface area contributed by atoms with Gasteiger partial charge < -0.3 is 14.7 Å². The minimum atomic E-state index is 0.193. The standard InChI is InChI=1S/C22H30N4O2/c1-15(2)21-23-18-14-25(13-16-6-7-20(28-3)19(27)12-16)11-8-17(18)22(24-21)26-9-4-5-10-26/h6-7,12,15,27H,4-5,8-11,13-14H2,1-3H3. The fraction of sp³-hybridized carbons (Fsp3) is 0.545. The molecular weight excluding hydrogens is 352 g/mol. The van der Waals surface area contributed by atoms with Crippen molar-refractivity contribution >= 4 is 5.82 Å². The molecule has 0 amide bonds. The number of methoxy groups -OCH3 is 1. The second kappa shape index (κ2) is 7.95. The number of benzene rings is 1. The quantitative estimate of drug-likeness (QED) is 0.854. The van der Waals surface area contributed by atoms with Crippen LogP contribution in [0, 0.1) is 0 Å². The van der Waals surface area contributed by atoms with Crippen molar-refractivity contribution in [1.29, 1.82) is 0 Å². The first-order chi connectivity index (χ1) is 13.5. The van der Waals surface area contributed by atoms with Crippen LogP contribution in [0.3, 0.4) is 0 Å². The van der Waals surface area contributed by atoms with E-state index >= 15 is 0 Å². The lowest BCUT2D eigenvalue weighted by atomic mass is 10.0. The molecule has 0 spiro atoms. The maximum Gasteiger partial charge on any atom is 0.160 e. The zero-order valence-corrected chi connectivity index (χ0v) is 17.1. The molecule has 2 aromatic rings. The van der Waals surface area contributed by atoms with Crippen LogP contribution in [-0.4, -0.2) is 46.7 Å². The molecular formula is C22H30N4O2. The Balaban J connectivity index is 1.58. The van der Waals surface area contributed by atoms with Crippen LogP contribution in [0.15, 0.2) is 18.2 Å². The molecule has 6 heteroatoms. The average molecular weight is 383 g/mol. The highest BCUT2D eigenvalue weighted by molar-refractivity contribution is 5.51. The van der Waals surface area contributed by atoms with E-state index in [0.717, 1.165) is 50.5 Å². The number of anilines is 1. The van der Waals surface area contributed by atoms with Gasteiger partial charge in [-0.3, -0.25) is 4.90 Å². The van der Waals surface area contributed by atoms with Crippen LogP contribution in [-0.2, 0) is 19.5 Å². The van der Waals surface area contributed by atoms with Gasteiger partial charge in [-0.25, -0.2) is 9.97 Å². The zero-order chi connectivity index (χ0) is 19.7. The summed E-state index contributed by atoms with van der Waals surface area (Å²) in [6.45, 7) is 9.13. The minimum Gasteiger partial charge on any atom is -0.504 e. The van der Waals surface area contributed by atoms with Gasteiger partial charge in [0.15, 0.2) is 11.5 Å². The van der Waals surface area contributed by atoms with E-state index in [1.54, 1.807) is 13.2 Å². The second-order valence-corrected chi connectivity index (χ2v) is 8.15. The van der Waals surface area contributed by atoms with E-state index < -0.39 is 0 Å². The van der Waals surface area contributed by atoms with Crippen LogP contribution in [0.25, 0.3) is 0 Å². The maximum absolute atomic E-state index is 10.1. The zero-order valence-electron chi connectivity index (χ0n) is 17.1. The van der Waals surface area contributed by atoms with Crippen molar-refractivity contribution in [3.05, 3.63) is 40.8 Å². The number of hydrogen-bond acceptors (Lipinski definition) is 6. The summed E-state index contributed by atoms with van der Waals surface area (Å²) in [7, 11) is 1.57. The average Bonchev–Trinajstić information content (AvgIpc) is 3.21. The number of phenols is 1. The molecule has 6 nitrogen and oxygen atoms in total. The molecule has 28 heavy (non-hydrogen) atoms. The normalized spacial score (nSPS) is 17.2. The molecule has 3 heterocycles. The number of fused-ring (bicyclic) bond motifs is 1. The van der Waals surface area contributed by atoms with Crippen molar-refractivity contribution in [2.45, 2.75) is 52.1 Å². The number of phenolic OH excluding ortho intramolecular Hbond substituents is 1. The molecule has 0 aliphatic carbocycles. The van der Waals surface area contributed by atoms with Crippen LogP contribution in [0.5, 0.6) is 11.5 Å². The Morgan fingerprint density at radius 2 is 1.93 bits per heavy atom. The summed E-state index contributed by atoms with van der Waals surface area (Å²) in [4.78, 5) is 14.7. The van der Waals surface area contributed by atoms with Gasteiger partial charge in [0.25, 0.3) is 0 Å². The number of aromatic hydroxyl groups is 1. The Kier molecular flexibility index (Phi) is 5.40.